The van der Waals surface area contributed by atoms with Crippen LogP contribution in [0.1, 0.15) is 33.6 Å². The highest BCUT2D eigenvalue weighted by Crippen LogP contribution is 2.04. The Kier molecular flexibility index (Phi) is 7.34. The van der Waals surface area contributed by atoms with Crippen LogP contribution < -0.4 is 5.32 Å². The normalized spacial score (nSPS) is 12.3. The second-order valence-corrected chi connectivity index (χ2v) is 4.89. The topological polar surface area (TPSA) is 69.6 Å². The molecule has 100 valence electrons. The lowest BCUT2D eigenvalue weighted by atomic mass is 10.1. The standard InChI is InChI=1S/C12H24N2O3/c1-9(2)8-14(4)12(17)13-7-5-6-10(3)11(15)16/h9-10H,5-8H2,1-4H3,(H,13,17)(H,15,16). The second kappa shape index (κ2) is 7.92. The van der Waals surface area contributed by atoms with Gasteiger partial charge in [-0.2, -0.15) is 0 Å². The molecule has 0 aliphatic rings. The zero-order valence-corrected chi connectivity index (χ0v) is 11.2. The zero-order chi connectivity index (χ0) is 13.4. The first kappa shape index (κ1) is 15.7. The molecule has 5 heteroatoms. The van der Waals surface area contributed by atoms with Gasteiger partial charge in [-0.25, -0.2) is 4.79 Å². The second-order valence-electron chi connectivity index (χ2n) is 4.89. The van der Waals surface area contributed by atoms with E-state index in [1.807, 2.05) is 0 Å². The quantitative estimate of drug-likeness (QED) is 0.671. The van der Waals surface area contributed by atoms with Crippen molar-refractivity contribution in [2.45, 2.75) is 33.6 Å². The van der Waals surface area contributed by atoms with Crippen LogP contribution in [0, 0.1) is 11.8 Å². The summed E-state index contributed by atoms with van der Waals surface area (Å²) in [6, 6.07) is -0.0957. The third-order valence-electron chi connectivity index (χ3n) is 2.50. The molecule has 0 saturated heterocycles. The third kappa shape index (κ3) is 7.60. The molecule has 0 fully saturated rings. The summed E-state index contributed by atoms with van der Waals surface area (Å²) in [6.45, 7) is 7.03. The van der Waals surface area contributed by atoms with E-state index in [-0.39, 0.29) is 11.9 Å². The number of hydrogen-bond donors (Lipinski definition) is 2. The molecule has 2 N–H and O–H groups in total. The van der Waals surface area contributed by atoms with E-state index in [1.165, 1.54) is 0 Å². The average molecular weight is 244 g/mol. The maximum Gasteiger partial charge on any atom is 0.317 e. The van der Waals surface area contributed by atoms with Crippen molar-refractivity contribution < 1.29 is 14.7 Å². The molecule has 0 aliphatic carbocycles. The third-order valence-corrected chi connectivity index (χ3v) is 2.50. The van der Waals surface area contributed by atoms with Crippen LogP contribution in [0.3, 0.4) is 0 Å². The highest BCUT2D eigenvalue weighted by Gasteiger charge is 2.11. The Bertz CT molecular complexity index is 254. The fourth-order valence-corrected chi connectivity index (χ4v) is 1.49. The van der Waals surface area contributed by atoms with E-state index in [1.54, 1.807) is 18.9 Å². The van der Waals surface area contributed by atoms with Crippen molar-refractivity contribution in [2.24, 2.45) is 11.8 Å². The maximum absolute atomic E-state index is 11.6. The van der Waals surface area contributed by atoms with E-state index in [0.29, 0.717) is 25.3 Å². The number of rotatable bonds is 7. The number of carbonyl (C=O) groups excluding carboxylic acids is 1. The number of nitrogens with one attached hydrogen (secondary N) is 1. The summed E-state index contributed by atoms with van der Waals surface area (Å²) in [6.07, 6.45) is 1.28. The first-order chi connectivity index (χ1) is 7.84. The summed E-state index contributed by atoms with van der Waals surface area (Å²) in [5.74, 6) is -0.689. The molecule has 0 aliphatic heterocycles. The molecule has 0 aromatic heterocycles. The van der Waals surface area contributed by atoms with Gasteiger partial charge in [-0.3, -0.25) is 4.79 Å². The molecule has 0 bridgehead atoms. The molecular weight excluding hydrogens is 220 g/mol. The Morgan fingerprint density at radius 1 is 1.29 bits per heavy atom. The number of carboxylic acid groups (broad SMARTS) is 1. The van der Waals surface area contributed by atoms with Crippen LogP contribution in [0.4, 0.5) is 4.79 Å². The van der Waals surface area contributed by atoms with E-state index in [0.717, 1.165) is 6.54 Å². The number of nitrogens with zero attached hydrogens (tertiary/aromatic N) is 1. The van der Waals surface area contributed by atoms with Crippen LogP contribution in [0.5, 0.6) is 0 Å². The molecule has 0 spiro atoms. The largest absolute Gasteiger partial charge is 0.481 e. The van der Waals surface area contributed by atoms with Crippen molar-refractivity contribution in [3.63, 3.8) is 0 Å². The van der Waals surface area contributed by atoms with Gasteiger partial charge in [0.1, 0.15) is 0 Å². The van der Waals surface area contributed by atoms with Gasteiger partial charge < -0.3 is 15.3 Å². The predicted octanol–water partition coefficient (Wildman–Crippen LogP) is 1.78. The molecule has 1 unspecified atom stereocenters. The van der Waals surface area contributed by atoms with Crippen molar-refractivity contribution in [1.82, 2.24) is 10.2 Å². The summed E-state index contributed by atoms with van der Waals surface area (Å²) >= 11 is 0. The summed E-state index contributed by atoms with van der Waals surface area (Å²) in [5.41, 5.74) is 0. The van der Waals surface area contributed by atoms with Crippen LogP contribution in [-0.2, 0) is 4.79 Å². The minimum absolute atomic E-state index is 0.0957. The zero-order valence-electron chi connectivity index (χ0n) is 11.2. The van der Waals surface area contributed by atoms with Crippen molar-refractivity contribution in [1.29, 1.82) is 0 Å². The molecule has 0 heterocycles. The number of amides is 2. The van der Waals surface area contributed by atoms with Gasteiger partial charge in [-0.1, -0.05) is 20.8 Å². The van der Waals surface area contributed by atoms with Crippen molar-refractivity contribution in [2.75, 3.05) is 20.1 Å². The smallest absolute Gasteiger partial charge is 0.317 e. The van der Waals surface area contributed by atoms with Gasteiger partial charge >= 0.3 is 12.0 Å². The van der Waals surface area contributed by atoms with Gasteiger partial charge in [0.05, 0.1) is 5.92 Å². The Balaban J connectivity index is 3.68. The number of hydrogen-bond acceptors (Lipinski definition) is 2. The predicted molar refractivity (Wildman–Crippen MR) is 66.9 cm³/mol. The van der Waals surface area contributed by atoms with E-state index < -0.39 is 5.97 Å². The molecule has 17 heavy (non-hydrogen) atoms. The van der Waals surface area contributed by atoms with Crippen LogP contribution in [0.15, 0.2) is 0 Å². The molecule has 0 aromatic rings. The monoisotopic (exact) mass is 244 g/mol. The maximum atomic E-state index is 11.6. The number of carboxylic acids is 1. The SMILES string of the molecule is CC(C)CN(C)C(=O)NCCCC(C)C(=O)O. The highest BCUT2D eigenvalue weighted by molar-refractivity contribution is 5.73. The fraction of sp³-hybridized carbons (Fsp3) is 0.833. The molecular formula is C12H24N2O3. The number of aliphatic carboxylic acids is 1. The lowest BCUT2D eigenvalue weighted by Crippen LogP contribution is -2.39. The Labute approximate surface area is 103 Å². The van der Waals surface area contributed by atoms with E-state index in [2.05, 4.69) is 19.2 Å². The van der Waals surface area contributed by atoms with E-state index >= 15 is 0 Å². The van der Waals surface area contributed by atoms with Gasteiger partial charge in [-0.05, 0) is 18.8 Å². The summed E-state index contributed by atoms with van der Waals surface area (Å²) in [7, 11) is 1.76. The summed E-state index contributed by atoms with van der Waals surface area (Å²) in [5, 5.41) is 11.5. The lowest BCUT2D eigenvalue weighted by molar-refractivity contribution is -0.141. The molecule has 1 atom stereocenters. The van der Waals surface area contributed by atoms with Gasteiger partial charge in [-0.15, -0.1) is 0 Å². The minimum atomic E-state index is -0.784. The average Bonchev–Trinajstić information content (AvgIpc) is 2.22. The van der Waals surface area contributed by atoms with Crippen LogP contribution in [-0.4, -0.2) is 42.1 Å². The molecule has 0 radical (unpaired) electrons. The van der Waals surface area contributed by atoms with Crippen molar-refractivity contribution >= 4 is 12.0 Å². The van der Waals surface area contributed by atoms with Crippen LogP contribution in [0.2, 0.25) is 0 Å². The van der Waals surface area contributed by atoms with Gasteiger partial charge in [0, 0.05) is 20.1 Å². The molecule has 2 amide bonds. The van der Waals surface area contributed by atoms with Gasteiger partial charge in [0.15, 0.2) is 0 Å². The Morgan fingerprint density at radius 3 is 2.35 bits per heavy atom. The molecule has 0 saturated carbocycles. The Morgan fingerprint density at radius 2 is 1.88 bits per heavy atom. The van der Waals surface area contributed by atoms with E-state index in [9.17, 15) is 9.59 Å². The summed E-state index contributed by atoms with van der Waals surface area (Å²) in [4.78, 5) is 23.8. The lowest BCUT2D eigenvalue weighted by Gasteiger charge is -2.20. The van der Waals surface area contributed by atoms with Gasteiger partial charge in [0.25, 0.3) is 0 Å². The van der Waals surface area contributed by atoms with E-state index in [4.69, 9.17) is 5.11 Å². The highest BCUT2D eigenvalue weighted by atomic mass is 16.4. The fourth-order valence-electron chi connectivity index (χ4n) is 1.49. The number of urea groups is 1. The van der Waals surface area contributed by atoms with Crippen LogP contribution >= 0.6 is 0 Å². The molecule has 0 rings (SSSR count). The number of carbonyl (C=O) groups is 2. The first-order valence-electron chi connectivity index (χ1n) is 6.06. The van der Waals surface area contributed by atoms with Crippen LogP contribution in [0.25, 0.3) is 0 Å². The molecule has 0 aromatic carbocycles. The Hall–Kier alpha value is -1.26. The summed E-state index contributed by atoms with van der Waals surface area (Å²) < 4.78 is 0. The van der Waals surface area contributed by atoms with Crippen molar-refractivity contribution in [3.05, 3.63) is 0 Å². The molecule has 5 nitrogen and oxygen atoms in total. The van der Waals surface area contributed by atoms with Crippen molar-refractivity contribution in [3.8, 4) is 0 Å². The first-order valence-corrected chi connectivity index (χ1v) is 6.06. The minimum Gasteiger partial charge on any atom is -0.481 e. The van der Waals surface area contributed by atoms with Gasteiger partial charge in [0.2, 0.25) is 0 Å².